The molecule has 0 amide bonds. The third-order valence-electron chi connectivity index (χ3n) is 2.49. The predicted octanol–water partition coefficient (Wildman–Crippen LogP) is 2.08. The number of hydrogen-bond acceptors (Lipinski definition) is 3. The third-order valence-corrected chi connectivity index (χ3v) is 4.82. The van der Waals surface area contributed by atoms with Gasteiger partial charge in [-0.2, -0.15) is 4.31 Å². The summed E-state index contributed by atoms with van der Waals surface area (Å²) in [6, 6.07) is 6.36. The molecular weight excluding hydrogens is 236 g/mol. The molecule has 1 aromatic carbocycles. The summed E-state index contributed by atoms with van der Waals surface area (Å²) in [7, 11) is -3.52. The molecule has 0 bridgehead atoms. The van der Waals surface area contributed by atoms with Crippen LogP contribution in [0.25, 0.3) is 0 Å². The Labute approximate surface area is 103 Å². The minimum atomic E-state index is -3.52. The molecule has 1 rings (SSSR count). The number of hydrogen-bond donors (Lipinski definition) is 1. The Hall–Kier alpha value is -1.07. The summed E-state index contributed by atoms with van der Waals surface area (Å²) in [4.78, 5) is 0.183. The van der Waals surface area contributed by atoms with Crippen molar-refractivity contribution in [2.75, 3.05) is 5.73 Å². The lowest BCUT2D eigenvalue weighted by atomic mass is 10.3. The van der Waals surface area contributed by atoms with E-state index in [0.29, 0.717) is 5.69 Å². The lowest BCUT2D eigenvalue weighted by Crippen LogP contribution is -2.42. The summed E-state index contributed by atoms with van der Waals surface area (Å²) >= 11 is 0. The van der Waals surface area contributed by atoms with E-state index in [1.54, 1.807) is 24.3 Å². The van der Waals surface area contributed by atoms with Crippen LogP contribution in [0, 0.1) is 0 Å². The second-order valence-corrected chi connectivity index (χ2v) is 6.37. The monoisotopic (exact) mass is 256 g/mol. The molecule has 0 aliphatic carbocycles. The van der Waals surface area contributed by atoms with Gasteiger partial charge >= 0.3 is 0 Å². The van der Waals surface area contributed by atoms with E-state index in [-0.39, 0.29) is 17.0 Å². The molecule has 0 radical (unpaired) electrons. The second-order valence-electron chi connectivity index (χ2n) is 4.56. The highest BCUT2D eigenvalue weighted by Gasteiger charge is 2.30. The third kappa shape index (κ3) is 2.79. The van der Waals surface area contributed by atoms with Gasteiger partial charge in [0.2, 0.25) is 10.0 Å². The fourth-order valence-corrected chi connectivity index (χ4v) is 3.93. The second kappa shape index (κ2) is 5.06. The largest absolute Gasteiger partial charge is 0.398 e. The number of benzene rings is 1. The summed E-state index contributed by atoms with van der Waals surface area (Å²) in [5.41, 5.74) is 6.03. The fraction of sp³-hybridized carbons (Fsp3) is 0.500. The molecule has 0 saturated carbocycles. The maximum absolute atomic E-state index is 12.5. The first kappa shape index (κ1) is 14.0. The molecule has 0 saturated heterocycles. The van der Waals surface area contributed by atoms with Crippen LogP contribution in [-0.2, 0) is 10.0 Å². The zero-order valence-corrected chi connectivity index (χ0v) is 11.5. The van der Waals surface area contributed by atoms with Crippen molar-refractivity contribution in [1.29, 1.82) is 0 Å². The van der Waals surface area contributed by atoms with Crippen LogP contribution in [-0.4, -0.2) is 24.8 Å². The lowest BCUT2D eigenvalue weighted by Gasteiger charge is -2.29. The van der Waals surface area contributed by atoms with Gasteiger partial charge in [0.1, 0.15) is 4.90 Å². The van der Waals surface area contributed by atoms with Crippen LogP contribution in [0.3, 0.4) is 0 Å². The van der Waals surface area contributed by atoms with E-state index in [9.17, 15) is 8.42 Å². The van der Waals surface area contributed by atoms with E-state index < -0.39 is 10.0 Å². The molecule has 0 fully saturated rings. The number of sulfonamides is 1. The molecule has 0 spiro atoms. The van der Waals surface area contributed by atoms with Crippen LogP contribution < -0.4 is 5.73 Å². The zero-order valence-electron chi connectivity index (χ0n) is 10.7. The van der Waals surface area contributed by atoms with Gasteiger partial charge in [-0.15, -0.1) is 0 Å². The van der Waals surface area contributed by atoms with Crippen molar-refractivity contribution in [3.05, 3.63) is 24.3 Å². The van der Waals surface area contributed by atoms with Crippen LogP contribution in [0.4, 0.5) is 5.69 Å². The summed E-state index contributed by atoms with van der Waals surface area (Å²) in [6.07, 6.45) is 0. The van der Waals surface area contributed by atoms with Gasteiger partial charge in [-0.3, -0.25) is 0 Å². The standard InChI is InChI=1S/C12H20N2O2S/c1-9(2)14(10(3)4)17(15,16)12-8-6-5-7-11(12)13/h5-10H,13H2,1-4H3. The van der Waals surface area contributed by atoms with Crippen molar-refractivity contribution in [3.8, 4) is 0 Å². The van der Waals surface area contributed by atoms with Gasteiger partial charge in [0.15, 0.2) is 0 Å². The van der Waals surface area contributed by atoms with E-state index >= 15 is 0 Å². The van der Waals surface area contributed by atoms with E-state index in [0.717, 1.165) is 0 Å². The molecule has 0 aliphatic heterocycles. The molecule has 1 aromatic rings. The molecule has 0 aromatic heterocycles. The minimum Gasteiger partial charge on any atom is -0.398 e. The maximum atomic E-state index is 12.5. The minimum absolute atomic E-state index is 0.0976. The average Bonchev–Trinajstić information content (AvgIpc) is 2.15. The van der Waals surface area contributed by atoms with Crippen LogP contribution in [0.2, 0.25) is 0 Å². The van der Waals surface area contributed by atoms with Crippen molar-refractivity contribution in [2.45, 2.75) is 44.7 Å². The van der Waals surface area contributed by atoms with Crippen molar-refractivity contribution in [3.63, 3.8) is 0 Å². The molecule has 5 heteroatoms. The van der Waals surface area contributed by atoms with Gasteiger partial charge in [-0.1, -0.05) is 12.1 Å². The zero-order chi connectivity index (χ0) is 13.2. The highest BCUT2D eigenvalue weighted by atomic mass is 32.2. The van der Waals surface area contributed by atoms with Crippen LogP contribution in [0.15, 0.2) is 29.2 Å². The Morgan fingerprint density at radius 2 is 1.53 bits per heavy atom. The molecular formula is C12H20N2O2S. The molecule has 0 unspecified atom stereocenters. The first-order valence-electron chi connectivity index (χ1n) is 5.66. The normalized spacial score (nSPS) is 12.6. The summed E-state index contributed by atoms with van der Waals surface area (Å²) in [5.74, 6) is 0. The number of nitrogens with two attached hydrogens (primary N) is 1. The lowest BCUT2D eigenvalue weighted by molar-refractivity contribution is 0.302. The van der Waals surface area contributed by atoms with Gasteiger partial charge in [0.05, 0.1) is 5.69 Å². The Morgan fingerprint density at radius 1 is 1.06 bits per heavy atom. The molecule has 2 N–H and O–H groups in total. The van der Waals surface area contributed by atoms with Gasteiger partial charge in [-0.05, 0) is 39.8 Å². The molecule has 17 heavy (non-hydrogen) atoms. The van der Waals surface area contributed by atoms with Gasteiger partial charge < -0.3 is 5.73 Å². The van der Waals surface area contributed by atoms with Crippen LogP contribution in [0.1, 0.15) is 27.7 Å². The first-order valence-corrected chi connectivity index (χ1v) is 7.10. The fourth-order valence-electron chi connectivity index (χ4n) is 1.98. The number of rotatable bonds is 4. The van der Waals surface area contributed by atoms with Crippen molar-refractivity contribution in [1.82, 2.24) is 4.31 Å². The first-order chi connectivity index (χ1) is 7.78. The Balaban J connectivity index is 3.32. The average molecular weight is 256 g/mol. The van der Waals surface area contributed by atoms with Gasteiger partial charge in [0.25, 0.3) is 0 Å². The van der Waals surface area contributed by atoms with E-state index in [2.05, 4.69) is 0 Å². The number of para-hydroxylation sites is 1. The summed E-state index contributed by atoms with van der Waals surface area (Å²) in [5, 5.41) is 0. The van der Waals surface area contributed by atoms with E-state index in [4.69, 9.17) is 5.73 Å². The van der Waals surface area contributed by atoms with Gasteiger partial charge in [0, 0.05) is 12.1 Å². The van der Waals surface area contributed by atoms with E-state index in [1.165, 1.54) is 4.31 Å². The topological polar surface area (TPSA) is 63.4 Å². The van der Waals surface area contributed by atoms with Crippen molar-refractivity contribution >= 4 is 15.7 Å². The summed E-state index contributed by atoms with van der Waals surface area (Å²) in [6.45, 7) is 7.43. The Morgan fingerprint density at radius 3 is 1.94 bits per heavy atom. The molecule has 0 aliphatic rings. The van der Waals surface area contributed by atoms with Crippen LogP contribution in [0.5, 0.6) is 0 Å². The quantitative estimate of drug-likeness (QED) is 0.839. The highest BCUT2D eigenvalue weighted by molar-refractivity contribution is 7.89. The molecule has 0 atom stereocenters. The molecule has 0 heterocycles. The highest BCUT2D eigenvalue weighted by Crippen LogP contribution is 2.25. The Bertz CT molecular complexity index is 473. The van der Waals surface area contributed by atoms with Crippen molar-refractivity contribution in [2.24, 2.45) is 0 Å². The Kier molecular flexibility index (Phi) is 4.16. The smallest absolute Gasteiger partial charge is 0.245 e. The SMILES string of the molecule is CC(C)N(C(C)C)S(=O)(=O)c1ccccc1N. The van der Waals surface area contributed by atoms with Gasteiger partial charge in [-0.25, -0.2) is 8.42 Å². The number of nitrogen functional groups attached to an aromatic ring is 1. The molecule has 96 valence electrons. The molecule has 4 nitrogen and oxygen atoms in total. The summed E-state index contributed by atoms with van der Waals surface area (Å²) < 4.78 is 26.4. The van der Waals surface area contributed by atoms with E-state index in [1.807, 2.05) is 27.7 Å². The maximum Gasteiger partial charge on any atom is 0.245 e. The predicted molar refractivity (Wildman–Crippen MR) is 70.2 cm³/mol. The number of nitrogens with zero attached hydrogens (tertiary/aromatic N) is 1. The van der Waals surface area contributed by atoms with Crippen molar-refractivity contribution < 1.29 is 8.42 Å². The van der Waals surface area contributed by atoms with Crippen LogP contribution >= 0.6 is 0 Å². The number of anilines is 1.